The second kappa shape index (κ2) is 15.5. The summed E-state index contributed by atoms with van der Waals surface area (Å²) in [5.41, 5.74) is 3.55. The van der Waals surface area contributed by atoms with E-state index in [1.807, 2.05) is 37.9 Å². The molecule has 0 saturated carbocycles. The Labute approximate surface area is 214 Å². The fourth-order valence-corrected chi connectivity index (χ4v) is 4.32. The number of nitrogens with zero attached hydrogens (tertiary/aromatic N) is 4. The number of aliphatic imine (C=N–C) groups is 1. The van der Waals surface area contributed by atoms with E-state index in [-0.39, 0.29) is 0 Å². The van der Waals surface area contributed by atoms with Crippen LogP contribution in [0.4, 0.5) is 5.69 Å². The summed E-state index contributed by atoms with van der Waals surface area (Å²) < 4.78 is 4.35. The average Bonchev–Trinajstić information content (AvgIpc) is 3.42. The molecule has 5 nitrogen and oxygen atoms in total. The van der Waals surface area contributed by atoms with Crippen LogP contribution in [-0.4, -0.2) is 33.9 Å². The zero-order valence-corrected chi connectivity index (χ0v) is 21.4. The number of nitrogens with one attached hydrogen (secondary N) is 1. The molecule has 0 unspecified atom stereocenters. The molecule has 0 amide bonds. The minimum atomic E-state index is 0.942. The number of unbranched alkanes of at least 4 members (excludes halogenated alkanes) is 1. The summed E-state index contributed by atoms with van der Waals surface area (Å²) >= 11 is 1.80. The minimum absolute atomic E-state index is 0.942. The Bertz CT molecular complexity index is 1080. The summed E-state index contributed by atoms with van der Waals surface area (Å²) in [5.74, 6) is 1.08. The number of anilines is 1. The lowest BCUT2D eigenvalue weighted by molar-refractivity contribution is -0.697. The van der Waals surface area contributed by atoms with Crippen LogP contribution in [0.15, 0.2) is 97.3 Å². The van der Waals surface area contributed by atoms with E-state index in [1.54, 1.807) is 17.8 Å². The molecule has 182 valence electrons. The van der Waals surface area contributed by atoms with Gasteiger partial charge in [0.05, 0.1) is 11.4 Å². The molecular weight excluding hydrogens is 450 g/mol. The molecule has 2 heterocycles. The van der Waals surface area contributed by atoms with Crippen LogP contribution >= 0.6 is 11.8 Å². The van der Waals surface area contributed by atoms with Crippen molar-refractivity contribution in [3.63, 3.8) is 0 Å². The third-order valence-corrected chi connectivity index (χ3v) is 6.54. The van der Waals surface area contributed by atoms with Crippen LogP contribution in [0.1, 0.15) is 30.4 Å². The van der Waals surface area contributed by atoms with Gasteiger partial charge in [0.1, 0.15) is 6.54 Å². The van der Waals surface area contributed by atoms with E-state index in [4.69, 9.17) is 0 Å². The molecule has 0 atom stereocenters. The second-order valence-corrected chi connectivity index (χ2v) is 9.23. The number of benzene rings is 1. The highest BCUT2D eigenvalue weighted by Gasteiger charge is 2.01. The van der Waals surface area contributed by atoms with Crippen molar-refractivity contribution in [2.24, 2.45) is 4.99 Å². The van der Waals surface area contributed by atoms with Crippen LogP contribution in [0, 0.1) is 0 Å². The van der Waals surface area contributed by atoms with Gasteiger partial charge < -0.3 is 9.88 Å². The Balaban J connectivity index is 1.35. The normalized spacial score (nSPS) is 12.0. The highest BCUT2D eigenvalue weighted by molar-refractivity contribution is 8.14. The van der Waals surface area contributed by atoms with Crippen LogP contribution in [0.2, 0.25) is 0 Å². The average molecular weight is 487 g/mol. The fourth-order valence-electron chi connectivity index (χ4n) is 3.46. The molecule has 0 radical (unpaired) electrons. The maximum atomic E-state index is 4.29. The predicted molar refractivity (Wildman–Crippen MR) is 152 cm³/mol. The van der Waals surface area contributed by atoms with Crippen molar-refractivity contribution < 1.29 is 4.57 Å². The fraction of sp³-hybridized carbons (Fsp3) is 0.276. The largest absolute Gasteiger partial charge is 0.385 e. The maximum Gasteiger partial charge on any atom is 0.169 e. The van der Waals surface area contributed by atoms with Gasteiger partial charge in [-0.25, -0.2) is 9.55 Å². The molecule has 0 aliphatic heterocycles. The van der Waals surface area contributed by atoms with Crippen molar-refractivity contribution in [3.8, 4) is 0 Å². The Morgan fingerprint density at radius 3 is 2.54 bits per heavy atom. The SMILES string of the molecule is C=C/C=C\C(=N\C)SCCCC[n+]1ccc(/C=C/c2ccc(NCCCn3ccnc3)cc2)cc1. The molecule has 1 aromatic carbocycles. The van der Waals surface area contributed by atoms with E-state index in [0.717, 1.165) is 55.4 Å². The van der Waals surface area contributed by atoms with Gasteiger partial charge in [0, 0.05) is 56.8 Å². The molecule has 0 spiro atoms. The Morgan fingerprint density at radius 2 is 1.86 bits per heavy atom. The number of thioether (sulfide) groups is 1. The minimum Gasteiger partial charge on any atom is -0.385 e. The van der Waals surface area contributed by atoms with E-state index >= 15 is 0 Å². The van der Waals surface area contributed by atoms with Crippen LogP contribution < -0.4 is 9.88 Å². The van der Waals surface area contributed by atoms with Crippen LogP contribution in [0.3, 0.4) is 0 Å². The molecule has 6 heteroatoms. The lowest BCUT2D eigenvalue weighted by Crippen LogP contribution is -2.32. The first-order chi connectivity index (χ1) is 17.3. The standard InChI is InChI=1S/C29H35N5S/c1-3-4-8-29(30-2)35-24-6-5-19-33-21-15-27(16-22-33)10-9-26-11-13-28(14-12-26)32-17-7-20-34-23-18-31-25-34/h3-4,8-16,18,21-23,25H,1,5-7,17,19-20,24H2,2H3/p+1/b8-4-,30-29-. The summed E-state index contributed by atoms with van der Waals surface area (Å²) in [6.45, 7) is 6.65. The summed E-state index contributed by atoms with van der Waals surface area (Å²) in [6.07, 6.45) is 23.4. The van der Waals surface area contributed by atoms with Gasteiger partial charge in [-0.3, -0.25) is 4.99 Å². The number of rotatable bonds is 14. The molecule has 0 saturated heterocycles. The third kappa shape index (κ3) is 10.2. The van der Waals surface area contributed by atoms with Gasteiger partial charge in [-0.05, 0) is 47.9 Å². The molecule has 1 N–H and O–H groups in total. The first-order valence-electron chi connectivity index (χ1n) is 12.1. The molecule has 0 bridgehead atoms. The Morgan fingerprint density at radius 1 is 1.09 bits per heavy atom. The summed E-state index contributed by atoms with van der Waals surface area (Å²) in [7, 11) is 1.83. The van der Waals surface area contributed by atoms with Crippen molar-refractivity contribution in [2.45, 2.75) is 32.4 Å². The van der Waals surface area contributed by atoms with Crippen molar-refractivity contribution >= 4 is 34.6 Å². The first-order valence-corrected chi connectivity index (χ1v) is 13.1. The van der Waals surface area contributed by atoms with Crippen LogP contribution in [-0.2, 0) is 13.1 Å². The lowest BCUT2D eigenvalue weighted by atomic mass is 10.1. The number of hydrogen-bond donors (Lipinski definition) is 1. The molecule has 35 heavy (non-hydrogen) atoms. The van der Waals surface area contributed by atoms with Gasteiger partial charge in [0.2, 0.25) is 0 Å². The zero-order valence-electron chi connectivity index (χ0n) is 20.6. The van der Waals surface area contributed by atoms with Gasteiger partial charge in [-0.1, -0.05) is 43.0 Å². The number of aryl methyl sites for hydroxylation is 2. The molecule has 0 fully saturated rings. The summed E-state index contributed by atoms with van der Waals surface area (Å²) in [4.78, 5) is 8.36. The second-order valence-electron chi connectivity index (χ2n) is 8.12. The predicted octanol–water partition coefficient (Wildman–Crippen LogP) is 6.13. The number of allylic oxidation sites excluding steroid dienone is 2. The van der Waals surface area contributed by atoms with E-state index in [2.05, 4.69) is 92.0 Å². The topological polar surface area (TPSA) is 46.1 Å². The monoisotopic (exact) mass is 486 g/mol. The van der Waals surface area contributed by atoms with Gasteiger partial charge in [-0.15, -0.1) is 11.8 Å². The smallest absolute Gasteiger partial charge is 0.169 e. The third-order valence-electron chi connectivity index (χ3n) is 5.43. The molecule has 2 aromatic heterocycles. The van der Waals surface area contributed by atoms with Crippen LogP contribution in [0.25, 0.3) is 12.2 Å². The Hall–Kier alpha value is -3.38. The van der Waals surface area contributed by atoms with Crippen LogP contribution in [0.5, 0.6) is 0 Å². The Kier molecular flexibility index (Phi) is 11.6. The van der Waals surface area contributed by atoms with Crippen molar-refractivity contribution in [1.82, 2.24) is 9.55 Å². The zero-order chi connectivity index (χ0) is 24.6. The van der Waals surface area contributed by atoms with E-state index < -0.39 is 0 Å². The van der Waals surface area contributed by atoms with E-state index in [9.17, 15) is 0 Å². The quantitative estimate of drug-likeness (QED) is 0.0981. The highest BCUT2D eigenvalue weighted by Crippen LogP contribution is 2.13. The molecule has 0 aliphatic carbocycles. The van der Waals surface area contributed by atoms with Gasteiger partial charge in [-0.2, -0.15) is 0 Å². The summed E-state index contributed by atoms with van der Waals surface area (Å²) in [5, 5.41) is 4.54. The lowest BCUT2D eigenvalue weighted by Gasteiger charge is -2.07. The first kappa shape index (κ1) is 26.2. The number of pyridine rings is 1. The number of hydrogen-bond acceptors (Lipinski definition) is 4. The highest BCUT2D eigenvalue weighted by atomic mass is 32.2. The van der Waals surface area contributed by atoms with E-state index in [0.29, 0.717) is 0 Å². The van der Waals surface area contributed by atoms with Crippen molar-refractivity contribution in [2.75, 3.05) is 24.7 Å². The van der Waals surface area contributed by atoms with E-state index in [1.165, 1.54) is 11.1 Å². The maximum absolute atomic E-state index is 4.29. The van der Waals surface area contributed by atoms with Gasteiger partial charge in [0.15, 0.2) is 12.4 Å². The molecule has 0 aliphatic rings. The van der Waals surface area contributed by atoms with Crippen molar-refractivity contribution in [3.05, 3.63) is 103 Å². The molecule has 3 rings (SSSR count). The number of aromatic nitrogens is 3. The van der Waals surface area contributed by atoms with Gasteiger partial charge in [0.25, 0.3) is 0 Å². The molecule has 3 aromatic rings. The van der Waals surface area contributed by atoms with Crippen molar-refractivity contribution in [1.29, 1.82) is 0 Å². The number of imidazole rings is 1. The molecular formula is C29H36N5S+. The summed E-state index contributed by atoms with van der Waals surface area (Å²) in [6, 6.07) is 12.9. The van der Waals surface area contributed by atoms with Gasteiger partial charge >= 0.3 is 0 Å².